The number of alkyl carbamates (subject to hydrolysis) is 1. The molecule has 0 aromatic rings. The first kappa shape index (κ1) is 13.7. The third kappa shape index (κ3) is 4.21. The number of nitrogens with one attached hydrogen (secondary N) is 1. The molecule has 1 aliphatic carbocycles. The predicted molar refractivity (Wildman–Crippen MR) is 65.7 cm³/mol. The maximum Gasteiger partial charge on any atom is 0.406 e. The van der Waals surface area contributed by atoms with E-state index in [4.69, 9.17) is 0 Å². The van der Waals surface area contributed by atoms with Gasteiger partial charge in [-0.05, 0) is 25.2 Å². The number of Topliss-reactive ketones (excluding diaryl/α,β-unsaturated/α-hetero) is 1. The topological polar surface area (TPSA) is 55.4 Å². The summed E-state index contributed by atoms with van der Waals surface area (Å²) in [7, 11) is 1.34. The minimum atomic E-state index is -0.424. The molecule has 0 heterocycles. The number of rotatable bonds is 5. The average molecular weight is 239 g/mol. The molecule has 1 aliphatic rings. The first-order valence-electron chi connectivity index (χ1n) is 6.18. The molecule has 4 heteroatoms. The zero-order chi connectivity index (χ0) is 12.7. The molecule has 2 unspecified atom stereocenters. The van der Waals surface area contributed by atoms with Crippen molar-refractivity contribution in [2.24, 2.45) is 11.8 Å². The lowest BCUT2D eigenvalue weighted by atomic mass is 9.92. The van der Waals surface area contributed by atoms with Crippen LogP contribution < -0.4 is 5.32 Å². The summed E-state index contributed by atoms with van der Waals surface area (Å²) in [6, 6.07) is 0. The molecule has 1 amide bonds. The van der Waals surface area contributed by atoms with E-state index in [1.807, 2.05) is 0 Å². The fourth-order valence-electron chi connectivity index (χ4n) is 2.24. The molecule has 0 radical (unpaired) electrons. The maximum atomic E-state index is 11.7. The van der Waals surface area contributed by atoms with E-state index in [2.05, 4.69) is 29.1 Å². The first-order chi connectivity index (χ1) is 8.19. The molecule has 4 nitrogen and oxygen atoms in total. The molecular weight excluding hydrogens is 218 g/mol. The summed E-state index contributed by atoms with van der Waals surface area (Å²) in [6.45, 7) is 2.60. The van der Waals surface area contributed by atoms with Crippen LogP contribution in [0.4, 0.5) is 4.79 Å². The monoisotopic (exact) mass is 239 g/mol. The van der Waals surface area contributed by atoms with Crippen molar-refractivity contribution in [3.05, 3.63) is 12.2 Å². The van der Waals surface area contributed by atoms with Gasteiger partial charge < -0.3 is 10.1 Å². The summed E-state index contributed by atoms with van der Waals surface area (Å²) in [6.07, 6.45) is 7.01. The second kappa shape index (κ2) is 7.09. The molecule has 17 heavy (non-hydrogen) atoms. The number of ketones is 1. The van der Waals surface area contributed by atoms with E-state index < -0.39 is 6.09 Å². The van der Waals surface area contributed by atoms with Crippen molar-refractivity contribution in [3.63, 3.8) is 0 Å². The Labute approximate surface area is 102 Å². The number of methoxy groups -OCH3 is 1. The van der Waals surface area contributed by atoms with E-state index in [-0.39, 0.29) is 11.8 Å². The second-order valence-electron chi connectivity index (χ2n) is 4.36. The Morgan fingerprint density at radius 2 is 2.29 bits per heavy atom. The van der Waals surface area contributed by atoms with Crippen LogP contribution in [0.25, 0.3) is 0 Å². The summed E-state index contributed by atoms with van der Waals surface area (Å²) in [5.41, 5.74) is 0. The fourth-order valence-corrected chi connectivity index (χ4v) is 2.24. The quantitative estimate of drug-likeness (QED) is 0.749. The standard InChI is InChI=1S/C13H21NO3/c1-3-4-5-6-11-10(7-8-12(11)15)9-14-13(16)17-2/h4-5,10-11H,3,6-9H2,1-2H3,(H,14,16)/b5-4+. The van der Waals surface area contributed by atoms with Gasteiger partial charge in [0.25, 0.3) is 0 Å². The number of carbonyl (C=O) groups is 2. The van der Waals surface area contributed by atoms with E-state index in [0.717, 1.165) is 19.3 Å². The van der Waals surface area contributed by atoms with Gasteiger partial charge in [0.15, 0.2) is 0 Å². The lowest BCUT2D eigenvalue weighted by molar-refractivity contribution is -0.121. The predicted octanol–water partition coefficient (Wildman–Crippen LogP) is 2.29. The van der Waals surface area contributed by atoms with E-state index in [0.29, 0.717) is 18.7 Å². The van der Waals surface area contributed by atoms with Crippen LogP contribution in [0.3, 0.4) is 0 Å². The molecule has 1 N–H and O–H groups in total. The first-order valence-corrected chi connectivity index (χ1v) is 6.18. The zero-order valence-electron chi connectivity index (χ0n) is 10.6. The number of hydrogen-bond acceptors (Lipinski definition) is 3. The summed E-state index contributed by atoms with van der Waals surface area (Å²) in [5.74, 6) is 0.639. The highest BCUT2D eigenvalue weighted by atomic mass is 16.5. The van der Waals surface area contributed by atoms with Gasteiger partial charge >= 0.3 is 6.09 Å². The van der Waals surface area contributed by atoms with Crippen LogP contribution >= 0.6 is 0 Å². The lowest BCUT2D eigenvalue weighted by Gasteiger charge is -2.17. The van der Waals surface area contributed by atoms with Crippen LogP contribution in [-0.4, -0.2) is 25.5 Å². The highest BCUT2D eigenvalue weighted by molar-refractivity contribution is 5.83. The second-order valence-corrected chi connectivity index (χ2v) is 4.36. The van der Waals surface area contributed by atoms with E-state index >= 15 is 0 Å². The van der Waals surface area contributed by atoms with Crippen molar-refractivity contribution in [3.8, 4) is 0 Å². The maximum absolute atomic E-state index is 11.7. The van der Waals surface area contributed by atoms with Gasteiger partial charge in [-0.25, -0.2) is 4.79 Å². The van der Waals surface area contributed by atoms with Gasteiger partial charge in [-0.3, -0.25) is 4.79 Å². The summed E-state index contributed by atoms with van der Waals surface area (Å²) >= 11 is 0. The number of hydrogen-bond donors (Lipinski definition) is 1. The van der Waals surface area contributed by atoms with Crippen molar-refractivity contribution < 1.29 is 14.3 Å². The molecule has 0 aromatic carbocycles. The summed E-state index contributed by atoms with van der Waals surface area (Å²) in [4.78, 5) is 22.7. The van der Waals surface area contributed by atoms with E-state index in [1.54, 1.807) is 0 Å². The normalized spacial score (nSPS) is 24.2. The van der Waals surface area contributed by atoms with Gasteiger partial charge in [0.2, 0.25) is 0 Å². The minimum absolute atomic E-state index is 0.0648. The molecule has 96 valence electrons. The van der Waals surface area contributed by atoms with Gasteiger partial charge in [0.05, 0.1) is 7.11 Å². The Bertz CT molecular complexity index is 299. The van der Waals surface area contributed by atoms with Crippen molar-refractivity contribution in [1.29, 1.82) is 0 Å². The molecule has 0 bridgehead atoms. The Morgan fingerprint density at radius 3 is 2.94 bits per heavy atom. The van der Waals surface area contributed by atoms with Gasteiger partial charge in [0, 0.05) is 18.9 Å². The molecule has 0 spiro atoms. The molecule has 2 atom stereocenters. The Kier molecular flexibility index (Phi) is 5.73. The SMILES string of the molecule is CC/C=C/CC1C(=O)CCC1CNC(=O)OC. The highest BCUT2D eigenvalue weighted by Crippen LogP contribution is 2.31. The Hall–Kier alpha value is -1.32. The Morgan fingerprint density at radius 1 is 1.53 bits per heavy atom. The zero-order valence-corrected chi connectivity index (χ0v) is 10.6. The molecule has 1 fully saturated rings. The van der Waals surface area contributed by atoms with Crippen LogP contribution in [0.2, 0.25) is 0 Å². The molecule has 1 saturated carbocycles. The third-order valence-corrected chi connectivity index (χ3v) is 3.23. The summed E-state index contributed by atoms with van der Waals surface area (Å²) in [5, 5.41) is 2.68. The average Bonchev–Trinajstić information content (AvgIpc) is 2.68. The number of allylic oxidation sites excluding steroid dienone is 2. The lowest BCUT2D eigenvalue weighted by Crippen LogP contribution is -2.31. The van der Waals surface area contributed by atoms with Gasteiger partial charge in [-0.1, -0.05) is 19.1 Å². The molecule has 0 saturated heterocycles. The molecule has 0 aromatic heterocycles. The van der Waals surface area contributed by atoms with Gasteiger partial charge in [-0.15, -0.1) is 0 Å². The fraction of sp³-hybridized carbons (Fsp3) is 0.692. The van der Waals surface area contributed by atoms with Crippen molar-refractivity contribution >= 4 is 11.9 Å². The smallest absolute Gasteiger partial charge is 0.406 e. The molecule has 1 rings (SSSR count). The number of amides is 1. The van der Waals surface area contributed by atoms with Crippen molar-refractivity contribution in [2.45, 2.75) is 32.6 Å². The third-order valence-electron chi connectivity index (χ3n) is 3.23. The van der Waals surface area contributed by atoms with Crippen LogP contribution in [0.5, 0.6) is 0 Å². The number of carbonyl (C=O) groups excluding carboxylic acids is 2. The van der Waals surface area contributed by atoms with Crippen LogP contribution in [0, 0.1) is 11.8 Å². The van der Waals surface area contributed by atoms with Crippen LogP contribution in [0.15, 0.2) is 12.2 Å². The van der Waals surface area contributed by atoms with Gasteiger partial charge in [-0.2, -0.15) is 0 Å². The molecular formula is C13H21NO3. The van der Waals surface area contributed by atoms with Crippen molar-refractivity contribution in [1.82, 2.24) is 5.32 Å². The summed E-state index contributed by atoms with van der Waals surface area (Å²) < 4.78 is 4.52. The Balaban J connectivity index is 2.44. The minimum Gasteiger partial charge on any atom is -0.453 e. The van der Waals surface area contributed by atoms with Gasteiger partial charge in [0.1, 0.15) is 5.78 Å². The van der Waals surface area contributed by atoms with Crippen LogP contribution in [0.1, 0.15) is 32.6 Å². The van der Waals surface area contributed by atoms with Crippen molar-refractivity contribution in [2.75, 3.05) is 13.7 Å². The largest absolute Gasteiger partial charge is 0.453 e. The van der Waals surface area contributed by atoms with E-state index in [9.17, 15) is 9.59 Å². The number of ether oxygens (including phenoxy) is 1. The highest BCUT2D eigenvalue weighted by Gasteiger charge is 2.33. The van der Waals surface area contributed by atoms with Crippen LogP contribution in [-0.2, 0) is 9.53 Å². The van der Waals surface area contributed by atoms with E-state index in [1.165, 1.54) is 7.11 Å². The molecule has 0 aliphatic heterocycles.